The summed E-state index contributed by atoms with van der Waals surface area (Å²) in [6.45, 7) is 1.67. The molecule has 2 N–H and O–H groups in total. The number of fused-ring (bicyclic) bond motifs is 1. The minimum Gasteiger partial charge on any atom is -0.493 e. The van der Waals surface area contributed by atoms with Crippen molar-refractivity contribution in [3.8, 4) is 5.75 Å². The van der Waals surface area contributed by atoms with Gasteiger partial charge in [0.05, 0.1) is 6.61 Å². The maximum Gasteiger partial charge on any atom is 0.125 e. The zero-order chi connectivity index (χ0) is 13.9. The minimum absolute atomic E-state index is 0.688. The highest BCUT2D eigenvalue weighted by Crippen LogP contribution is 2.38. The van der Waals surface area contributed by atoms with Crippen molar-refractivity contribution < 1.29 is 4.74 Å². The first-order chi connectivity index (χ1) is 9.78. The fraction of sp³-hybridized carbons (Fsp3) is 0.647. The molecule has 0 spiro atoms. The standard InChI is InChI=1S/C17H24BrNO/c18-16-9-13-6-7-20-17(13)15(10-16)8-12-4-2-1-3-5-14(12)11-19/h9-10,12,14H,1-8,11,19H2. The van der Waals surface area contributed by atoms with Crippen molar-refractivity contribution in [1.29, 1.82) is 0 Å². The van der Waals surface area contributed by atoms with Crippen molar-refractivity contribution in [2.24, 2.45) is 17.6 Å². The Bertz CT molecular complexity index is 474. The fourth-order valence-corrected chi connectivity index (χ4v) is 4.37. The van der Waals surface area contributed by atoms with Gasteiger partial charge in [0, 0.05) is 10.9 Å². The Morgan fingerprint density at radius 2 is 1.95 bits per heavy atom. The molecule has 0 aromatic heterocycles. The van der Waals surface area contributed by atoms with E-state index >= 15 is 0 Å². The molecule has 20 heavy (non-hydrogen) atoms. The summed E-state index contributed by atoms with van der Waals surface area (Å²) in [7, 11) is 0. The molecule has 2 atom stereocenters. The molecule has 2 nitrogen and oxygen atoms in total. The second-order valence-corrected chi connectivity index (χ2v) is 7.17. The molecule has 1 saturated carbocycles. The third-order valence-electron chi connectivity index (χ3n) is 4.93. The second-order valence-electron chi connectivity index (χ2n) is 6.25. The van der Waals surface area contributed by atoms with Gasteiger partial charge in [0.1, 0.15) is 5.75 Å². The predicted molar refractivity (Wildman–Crippen MR) is 86.2 cm³/mol. The average Bonchev–Trinajstić information content (AvgIpc) is 2.78. The van der Waals surface area contributed by atoms with Gasteiger partial charge in [0.2, 0.25) is 0 Å². The summed E-state index contributed by atoms with van der Waals surface area (Å²) in [6.07, 6.45) is 8.89. The van der Waals surface area contributed by atoms with Crippen LogP contribution in [-0.2, 0) is 12.8 Å². The van der Waals surface area contributed by atoms with E-state index in [1.807, 2.05) is 0 Å². The fourth-order valence-electron chi connectivity index (χ4n) is 3.82. The molecule has 1 aromatic rings. The summed E-state index contributed by atoms with van der Waals surface area (Å²) in [5.74, 6) is 2.58. The van der Waals surface area contributed by atoms with Crippen LogP contribution in [0.1, 0.15) is 43.2 Å². The summed E-state index contributed by atoms with van der Waals surface area (Å²) in [5, 5.41) is 0. The van der Waals surface area contributed by atoms with Crippen molar-refractivity contribution in [3.05, 3.63) is 27.7 Å². The van der Waals surface area contributed by atoms with Crippen LogP contribution in [0.2, 0.25) is 0 Å². The molecule has 0 amide bonds. The molecule has 1 heterocycles. The van der Waals surface area contributed by atoms with Crippen LogP contribution in [0.25, 0.3) is 0 Å². The molecular weight excluding hydrogens is 314 g/mol. The first-order valence-electron chi connectivity index (χ1n) is 7.92. The summed E-state index contributed by atoms with van der Waals surface area (Å²) in [4.78, 5) is 0. The lowest BCUT2D eigenvalue weighted by Crippen LogP contribution is -2.24. The second kappa shape index (κ2) is 6.48. The lowest BCUT2D eigenvalue weighted by molar-refractivity contribution is 0.309. The molecule has 1 aliphatic carbocycles. The summed E-state index contributed by atoms with van der Waals surface area (Å²) < 4.78 is 7.06. The number of ether oxygens (including phenoxy) is 1. The lowest BCUT2D eigenvalue weighted by atomic mass is 9.83. The molecule has 110 valence electrons. The maximum atomic E-state index is 6.02. The van der Waals surface area contributed by atoms with Gasteiger partial charge in [-0.15, -0.1) is 0 Å². The molecule has 3 heteroatoms. The van der Waals surface area contributed by atoms with Gasteiger partial charge in [0.25, 0.3) is 0 Å². The van der Waals surface area contributed by atoms with E-state index in [0.717, 1.165) is 37.7 Å². The number of hydrogen-bond donors (Lipinski definition) is 1. The Morgan fingerprint density at radius 1 is 1.15 bits per heavy atom. The number of nitrogens with two attached hydrogens (primary N) is 1. The van der Waals surface area contributed by atoms with E-state index in [9.17, 15) is 0 Å². The molecule has 0 saturated heterocycles. The summed E-state index contributed by atoms with van der Waals surface area (Å²) >= 11 is 3.65. The third-order valence-corrected chi connectivity index (χ3v) is 5.38. The molecule has 0 bridgehead atoms. The Balaban J connectivity index is 1.82. The highest BCUT2D eigenvalue weighted by atomic mass is 79.9. The first-order valence-corrected chi connectivity index (χ1v) is 8.71. The van der Waals surface area contributed by atoms with Crippen LogP contribution in [0.15, 0.2) is 16.6 Å². The molecule has 1 aromatic carbocycles. The summed E-state index contributed by atoms with van der Waals surface area (Å²) in [6, 6.07) is 4.46. The van der Waals surface area contributed by atoms with Gasteiger partial charge in [0.15, 0.2) is 0 Å². The van der Waals surface area contributed by atoms with Gasteiger partial charge in [-0.05, 0) is 60.9 Å². The Hall–Kier alpha value is -0.540. The zero-order valence-corrected chi connectivity index (χ0v) is 13.6. The Labute approximate surface area is 130 Å². The Morgan fingerprint density at radius 3 is 2.75 bits per heavy atom. The zero-order valence-electron chi connectivity index (χ0n) is 12.0. The smallest absolute Gasteiger partial charge is 0.125 e. The highest BCUT2D eigenvalue weighted by molar-refractivity contribution is 9.10. The SMILES string of the molecule is NCC1CCCCCC1Cc1cc(Br)cc2c1OCC2. The van der Waals surface area contributed by atoms with Gasteiger partial charge in [-0.1, -0.05) is 35.2 Å². The lowest BCUT2D eigenvalue weighted by Gasteiger charge is -2.24. The average molecular weight is 338 g/mol. The van der Waals surface area contributed by atoms with Crippen LogP contribution in [0.3, 0.4) is 0 Å². The maximum absolute atomic E-state index is 6.02. The number of rotatable bonds is 3. The van der Waals surface area contributed by atoms with E-state index in [4.69, 9.17) is 10.5 Å². The molecule has 2 unspecified atom stereocenters. The van der Waals surface area contributed by atoms with Crippen LogP contribution >= 0.6 is 15.9 Å². The highest BCUT2D eigenvalue weighted by Gasteiger charge is 2.26. The number of benzene rings is 1. The molecule has 3 rings (SSSR count). The van der Waals surface area contributed by atoms with Crippen LogP contribution < -0.4 is 10.5 Å². The van der Waals surface area contributed by atoms with E-state index in [2.05, 4.69) is 28.1 Å². The van der Waals surface area contributed by atoms with Gasteiger partial charge in [-0.2, -0.15) is 0 Å². The van der Waals surface area contributed by atoms with E-state index in [1.165, 1.54) is 47.7 Å². The van der Waals surface area contributed by atoms with Crippen LogP contribution in [0.4, 0.5) is 0 Å². The first kappa shape index (κ1) is 14.4. The van der Waals surface area contributed by atoms with Crippen LogP contribution in [-0.4, -0.2) is 13.2 Å². The number of halogens is 1. The van der Waals surface area contributed by atoms with Crippen molar-refractivity contribution in [1.82, 2.24) is 0 Å². The van der Waals surface area contributed by atoms with Crippen molar-refractivity contribution >= 4 is 15.9 Å². The predicted octanol–water partition coefficient (Wildman–Crippen LogP) is 4.08. The van der Waals surface area contributed by atoms with Crippen LogP contribution in [0, 0.1) is 11.8 Å². The quantitative estimate of drug-likeness (QED) is 0.843. The molecule has 1 aliphatic heterocycles. The van der Waals surface area contributed by atoms with E-state index in [-0.39, 0.29) is 0 Å². The van der Waals surface area contributed by atoms with Gasteiger partial charge in [-0.3, -0.25) is 0 Å². The monoisotopic (exact) mass is 337 g/mol. The topological polar surface area (TPSA) is 35.2 Å². The third kappa shape index (κ3) is 3.04. The van der Waals surface area contributed by atoms with Gasteiger partial charge >= 0.3 is 0 Å². The van der Waals surface area contributed by atoms with Gasteiger partial charge in [-0.25, -0.2) is 0 Å². The van der Waals surface area contributed by atoms with E-state index in [0.29, 0.717) is 5.92 Å². The van der Waals surface area contributed by atoms with E-state index < -0.39 is 0 Å². The normalized spacial score (nSPS) is 25.9. The number of hydrogen-bond acceptors (Lipinski definition) is 2. The molecule has 0 radical (unpaired) electrons. The Kier molecular flexibility index (Phi) is 4.67. The largest absolute Gasteiger partial charge is 0.493 e. The van der Waals surface area contributed by atoms with Crippen molar-refractivity contribution in [3.63, 3.8) is 0 Å². The van der Waals surface area contributed by atoms with Crippen LogP contribution in [0.5, 0.6) is 5.75 Å². The minimum atomic E-state index is 0.688. The summed E-state index contributed by atoms with van der Waals surface area (Å²) in [5.41, 5.74) is 8.77. The van der Waals surface area contributed by atoms with Crippen molar-refractivity contribution in [2.45, 2.75) is 44.9 Å². The van der Waals surface area contributed by atoms with E-state index in [1.54, 1.807) is 0 Å². The van der Waals surface area contributed by atoms with Gasteiger partial charge < -0.3 is 10.5 Å². The van der Waals surface area contributed by atoms with Crippen molar-refractivity contribution in [2.75, 3.05) is 13.2 Å². The molecule has 1 fully saturated rings. The molecular formula is C17H24BrNO. The molecule has 2 aliphatic rings.